The van der Waals surface area contributed by atoms with Gasteiger partial charge in [-0.15, -0.1) is 0 Å². The van der Waals surface area contributed by atoms with Crippen LogP contribution in [-0.2, 0) is 9.84 Å². The minimum Gasteiger partial charge on any atom is -0.387 e. The molecule has 1 fully saturated rings. The van der Waals surface area contributed by atoms with Gasteiger partial charge in [0.2, 0.25) is 0 Å². The maximum atomic E-state index is 14.1. The van der Waals surface area contributed by atoms with Crippen molar-refractivity contribution < 1.29 is 27.1 Å². The molecule has 0 saturated heterocycles. The summed E-state index contributed by atoms with van der Waals surface area (Å²) < 4.78 is 52.2. The summed E-state index contributed by atoms with van der Waals surface area (Å²) >= 11 is 12.1. The second-order valence-electron chi connectivity index (χ2n) is 7.74. The van der Waals surface area contributed by atoms with Crippen LogP contribution in [0, 0.1) is 5.82 Å². The minimum atomic E-state index is -3.78. The lowest BCUT2D eigenvalue weighted by atomic mass is 9.76. The van der Waals surface area contributed by atoms with Crippen molar-refractivity contribution in [1.82, 2.24) is 5.32 Å². The van der Waals surface area contributed by atoms with Gasteiger partial charge in [0.1, 0.15) is 12.0 Å². The molecule has 1 aliphatic carbocycles. The smallest absolute Gasteiger partial charge is 0.253 e. The molecule has 10 heteroatoms. The van der Waals surface area contributed by atoms with Crippen LogP contribution in [0.2, 0.25) is 10.0 Å². The van der Waals surface area contributed by atoms with Crippen LogP contribution in [0.1, 0.15) is 47.6 Å². The Hall–Kier alpha value is -1.74. The van der Waals surface area contributed by atoms with Gasteiger partial charge in [-0.25, -0.2) is 17.2 Å². The molecular weight excluding hydrogens is 471 g/mol. The first-order valence-corrected chi connectivity index (χ1v) is 12.2. The van der Waals surface area contributed by atoms with Crippen molar-refractivity contribution in [3.63, 3.8) is 0 Å². The largest absolute Gasteiger partial charge is 0.387 e. The molecule has 168 valence electrons. The number of carbonyl (C=O) groups is 1. The summed E-state index contributed by atoms with van der Waals surface area (Å²) in [4.78, 5) is 12.9. The van der Waals surface area contributed by atoms with Crippen LogP contribution in [0.5, 0.6) is 0 Å². The first-order valence-electron chi connectivity index (χ1n) is 9.53. The first kappa shape index (κ1) is 23.9. The Kier molecular flexibility index (Phi) is 6.96. The van der Waals surface area contributed by atoms with Gasteiger partial charge < -0.3 is 10.4 Å². The molecule has 1 amide bonds. The second-order valence-corrected chi connectivity index (χ2v) is 10.5. The third-order valence-corrected chi connectivity index (χ3v) is 7.26. The van der Waals surface area contributed by atoms with Gasteiger partial charge in [0.05, 0.1) is 27.1 Å². The van der Waals surface area contributed by atoms with E-state index in [1.165, 1.54) is 30.3 Å². The van der Waals surface area contributed by atoms with Crippen molar-refractivity contribution in [3.8, 4) is 0 Å². The van der Waals surface area contributed by atoms with Gasteiger partial charge in [0.15, 0.2) is 9.84 Å². The van der Waals surface area contributed by atoms with Crippen LogP contribution in [0.25, 0.3) is 0 Å². The molecule has 1 unspecified atom stereocenters. The van der Waals surface area contributed by atoms with Crippen LogP contribution in [0.3, 0.4) is 0 Å². The standard InChI is InChI=1S/C21H21Cl2F2NO4S/c1-31(29,30)17-6-5-12(22)11-15(17)20(27)26-19(14-3-2-4-16(25)18(14)23)21(28)9-7-13(24)8-10-21/h2-6,11,13,19,28H,7-10H2,1H3,(H,26,27)/t13-,19?,21-. The highest BCUT2D eigenvalue weighted by Crippen LogP contribution is 2.42. The van der Waals surface area contributed by atoms with Crippen molar-refractivity contribution >= 4 is 38.9 Å². The highest BCUT2D eigenvalue weighted by molar-refractivity contribution is 7.90. The van der Waals surface area contributed by atoms with E-state index in [-0.39, 0.29) is 51.8 Å². The molecule has 1 aliphatic rings. The summed E-state index contributed by atoms with van der Waals surface area (Å²) in [6.07, 6.45) is -0.0297. The van der Waals surface area contributed by atoms with E-state index in [1.807, 2.05) is 0 Å². The van der Waals surface area contributed by atoms with Gasteiger partial charge in [-0.3, -0.25) is 4.79 Å². The Morgan fingerprint density at radius 2 is 1.87 bits per heavy atom. The average molecular weight is 492 g/mol. The van der Waals surface area contributed by atoms with Crippen LogP contribution >= 0.6 is 23.2 Å². The van der Waals surface area contributed by atoms with Gasteiger partial charge in [-0.1, -0.05) is 35.3 Å². The minimum absolute atomic E-state index is 0.000431. The topological polar surface area (TPSA) is 83.5 Å². The zero-order chi connectivity index (χ0) is 23.0. The number of hydrogen-bond donors (Lipinski definition) is 2. The van der Waals surface area contributed by atoms with Gasteiger partial charge in [-0.2, -0.15) is 0 Å². The summed E-state index contributed by atoms with van der Waals surface area (Å²) in [5, 5.41) is 13.7. The monoisotopic (exact) mass is 491 g/mol. The van der Waals surface area contributed by atoms with E-state index < -0.39 is 39.4 Å². The number of carbonyl (C=O) groups excluding carboxylic acids is 1. The van der Waals surface area contributed by atoms with E-state index >= 15 is 0 Å². The van der Waals surface area contributed by atoms with E-state index in [4.69, 9.17) is 23.2 Å². The predicted octanol–water partition coefficient (Wildman–Crippen LogP) is 4.65. The summed E-state index contributed by atoms with van der Waals surface area (Å²) in [6, 6.07) is 6.49. The Labute approximate surface area is 189 Å². The van der Waals surface area contributed by atoms with Crippen molar-refractivity contribution in [2.24, 2.45) is 0 Å². The molecule has 1 atom stereocenters. The maximum Gasteiger partial charge on any atom is 0.253 e. The molecule has 2 aromatic rings. The van der Waals surface area contributed by atoms with Crippen LogP contribution in [0.4, 0.5) is 8.78 Å². The fraction of sp³-hybridized carbons (Fsp3) is 0.381. The molecule has 2 aromatic carbocycles. The quantitative estimate of drug-likeness (QED) is 0.637. The average Bonchev–Trinajstić information content (AvgIpc) is 2.69. The zero-order valence-corrected chi connectivity index (χ0v) is 18.9. The number of rotatable bonds is 5. The SMILES string of the molecule is CS(=O)(=O)c1ccc(Cl)cc1C(=O)NC(c1cccc(F)c1Cl)[C@]1(O)CC[C@H](F)CC1. The van der Waals surface area contributed by atoms with E-state index in [2.05, 4.69) is 5.32 Å². The molecule has 2 N–H and O–H groups in total. The Morgan fingerprint density at radius 3 is 2.48 bits per heavy atom. The molecule has 5 nitrogen and oxygen atoms in total. The number of amides is 1. The lowest BCUT2D eigenvalue weighted by molar-refractivity contribution is -0.0446. The van der Waals surface area contributed by atoms with E-state index in [0.717, 1.165) is 12.3 Å². The van der Waals surface area contributed by atoms with Gasteiger partial charge in [-0.05, 0) is 55.5 Å². The summed E-state index contributed by atoms with van der Waals surface area (Å²) in [5.41, 5.74) is -1.73. The molecule has 0 heterocycles. The fourth-order valence-corrected chi connectivity index (χ4v) is 5.10. The lowest BCUT2D eigenvalue weighted by Crippen LogP contribution is -2.48. The normalized spacial score (nSPS) is 22.7. The first-order chi connectivity index (χ1) is 14.4. The van der Waals surface area contributed by atoms with Gasteiger partial charge in [0.25, 0.3) is 5.91 Å². The number of hydrogen-bond acceptors (Lipinski definition) is 4. The summed E-state index contributed by atoms with van der Waals surface area (Å²) in [7, 11) is -3.78. The van der Waals surface area contributed by atoms with Crippen LogP contribution < -0.4 is 5.32 Å². The Morgan fingerprint density at radius 1 is 1.23 bits per heavy atom. The molecule has 31 heavy (non-hydrogen) atoms. The number of aliphatic hydroxyl groups is 1. The molecule has 0 spiro atoms. The molecule has 1 saturated carbocycles. The number of sulfone groups is 1. The van der Waals surface area contributed by atoms with Gasteiger partial charge >= 0.3 is 0 Å². The third-order valence-electron chi connectivity index (χ3n) is 5.47. The van der Waals surface area contributed by atoms with E-state index in [0.29, 0.717) is 0 Å². The maximum absolute atomic E-state index is 14.1. The zero-order valence-electron chi connectivity index (χ0n) is 16.5. The van der Waals surface area contributed by atoms with Crippen molar-refractivity contribution in [3.05, 3.63) is 63.4 Å². The lowest BCUT2D eigenvalue weighted by Gasteiger charge is -2.41. The molecule has 0 radical (unpaired) electrons. The van der Waals surface area contributed by atoms with Gasteiger partial charge in [0, 0.05) is 11.3 Å². The highest BCUT2D eigenvalue weighted by Gasteiger charge is 2.43. The molecule has 0 bridgehead atoms. The predicted molar refractivity (Wildman–Crippen MR) is 114 cm³/mol. The molecule has 0 aliphatic heterocycles. The molecular formula is C21H21Cl2F2NO4S. The van der Waals surface area contributed by atoms with E-state index in [1.54, 1.807) is 0 Å². The van der Waals surface area contributed by atoms with Crippen LogP contribution in [-0.4, -0.2) is 37.5 Å². The van der Waals surface area contributed by atoms with Crippen LogP contribution in [0.15, 0.2) is 41.3 Å². The summed E-state index contributed by atoms with van der Waals surface area (Å²) in [5.74, 6) is -1.59. The van der Waals surface area contributed by atoms with Crippen molar-refractivity contribution in [1.29, 1.82) is 0 Å². The Balaban J connectivity index is 2.07. The van der Waals surface area contributed by atoms with Crippen molar-refractivity contribution in [2.45, 2.75) is 48.4 Å². The molecule has 3 rings (SSSR count). The van der Waals surface area contributed by atoms with E-state index in [9.17, 15) is 27.1 Å². The fourth-order valence-electron chi connectivity index (χ4n) is 3.83. The molecule has 0 aromatic heterocycles. The second kappa shape index (κ2) is 9.02. The van der Waals surface area contributed by atoms with Crippen molar-refractivity contribution in [2.75, 3.05) is 6.26 Å². The Bertz CT molecular complexity index is 1100. The summed E-state index contributed by atoms with van der Waals surface area (Å²) in [6.45, 7) is 0. The third kappa shape index (κ3) is 5.19. The highest BCUT2D eigenvalue weighted by atomic mass is 35.5. The number of benzene rings is 2. The number of nitrogens with one attached hydrogen (secondary N) is 1. The number of alkyl halides is 1. The number of halogens is 4.